The van der Waals surface area contributed by atoms with E-state index in [9.17, 15) is 5.11 Å². The third-order valence-electron chi connectivity index (χ3n) is 4.45. The first-order valence-corrected chi connectivity index (χ1v) is 8.95. The van der Waals surface area contributed by atoms with Crippen LogP contribution in [0, 0.1) is 11.8 Å². The quantitative estimate of drug-likeness (QED) is 0.632. The van der Waals surface area contributed by atoms with Crippen LogP contribution in [0.2, 0.25) is 0 Å². The minimum Gasteiger partial charge on any atom is -0.502 e. The molecule has 0 aromatic heterocycles. The maximum absolute atomic E-state index is 10.0. The molecule has 0 bridgehead atoms. The second-order valence-corrected chi connectivity index (χ2v) is 6.87. The molecule has 1 fully saturated rings. The van der Waals surface area contributed by atoms with Crippen LogP contribution >= 0.6 is 0 Å². The van der Waals surface area contributed by atoms with E-state index in [1.54, 1.807) is 12.1 Å². The normalized spacial score (nSPS) is 21.2. The van der Waals surface area contributed by atoms with E-state index in [-0.39, 0.29) is 5.75 Å². The summed E-state index contributed by atoms with van der Waals surface area (Å²) in [7, 11) is 3.06. The van der Waals surface area contributed by atoms with Crippen LogP contribution in [0.15, 0.2) is 17.1 Å². The van der Waals surface area contributed by atoms with Gasteiger partial charge in [0, 0.05) is 19.6 Å². The Labute approximate surface area is 150 Å². The summed E-state index contributed by atoms with van der Waals surface area (Å²) in [5, 5.41) is 13.4. The SMILES string of the molecule is CCNC(=NCc1cc(OC)c(O)c(OC)c1)N1CC(C)CC(C)C1. The molecule has 1 heterocycles. The molecule has 1 saturated heterocycles. The lowest BCUT2D eigenvalue weighted by molar-refractivity contribution is 0.208. The van der Waals surface area contributed by atoms with Crippen LogP contribution < -0.4 is 14.8 Å². The zero-order valence-corrected chi connectivity index (χ0v) is 16.0. The second kappa shape index (κ2) is 8.83. The molecule has 1 aliphatic rings. The zero-order chi connectivity index (χ0) is 18.4. The molecule has 0 radical (unpaired) electrons. The Hall–Kier alpha value is -2.11. The van der Waals surface area contributed by atoms with Gasteiger partial charge in [-0.05, 0) is 42.9 Å². The number of likely N-dealkylation sites (tertiary alicyclic amines) is 1. The van der Waals surface area contributed by atoms with Gasteiger partial charge in [-0.3, -0.25) is 0 Å². The summed E-state index contributed by atoms with van der Waals surface area (Å²) in [4.78, 5) is 7.14. The van der Waals surface area contributed by atoms with Gasteiger partial charge in [0.05, 0.1) is 20.8 Å². The number of benzene rings is 1. The van der Waals surface area contributed by atoms with Crippen molar-refractivity contribution >= 4 is 5.96 Å². The second-order valence-electron chi connectivity index (χ2n) is 6.87. The van der Waals surface area contributed by atoms with Crippen molar-refractivity contribution in [3.05, 3.63) is 17.7 Å². The minimum atomic E-state index is 0.0170. The number of piperidine rings is 1. The van der Waals surface area contributed by atoms with Crippen molar-refractivity contribution in [2.24, 2.45) is 16.8 Å². The van der Waals surface area contributed by atoms with Crippen molar-refractivity contribution < 1.29 is 14.6 Å². The molecule has 0 spiro atoms. The third kappa shape index (κ3) is 4.94. The number of phenolic OH excluding ortho intramolecular Hbond substituents is 1. The van der Waals surface area contributed by atoms with Crippen molar-refractivity contribution in [1.82, 2.24) is 10.2 Å². The maximum Gasteiger partial charge on any atom is 0.200 e. The largest absolute Gasteiger partial charge is 0.502 e. The van der Waals surface area contributed by atoms with E-state index in [0.717, 1.165) is 31.2 Å². The third-order valence-corrected chi connectivity index (χ3v) is 4.45. The summed E-state index contributed by atoms with van der Waals surface area (Å²) in [5.74, 6) is 3.09. The maximum atomic E-state index is 10.0. The number of phenols is 1. The molecule has 1 aromatic rings. The summed E-state index contributed by atoms with van der Waals surface area (Å²) in [6.07, 6.45) is 1.27. The molecule has 6 nitrogen and oxygen atoms in total. The highest BCUT2D eigenvalue weighted by atomic mass is 16.5. The molecule has 2 N–H and O–H groups in total. The lowest BCUT2D eigenvalue weighted by Crippen LogP contribution is -2.48. The van der Waals surface area contributed by atoms with Crippen LogP contribution in [0.25, 0.3) is 0 Å². The summed E-state index contributed by atoms with van der Waals surface area (Å²) < 4.78 is 10.4. The van der Waals surface area contributed by atoms with Crippen LogP contribution in [0.3, 0.4) is 0 Å². The fourth-order valence-electron chi connectivity index (χ4n) is 3.47. The number of hydrogen-bond acceptors (Lipinski definition) is 4. The molecule has 2 rings (SSSR count). The zero-order valence-electron chi connectivity index (χ0n) is 16.0. The summed E-state index contributed by atoms with van der Waals surface area (Å²) in [6.45, 7) is 10.1. The molecule has 140 valence electrons. The number of aliphatic imine (C=N–C) groups is 1. The van der Waals surface area contributed by atoms with Crippen molar-refractivity contribution in [2.45, 2.75) is 33.7 Å². The van der Waals surface area contributed by atoms with Gasteiger partial charge >= 0.3 is 0 Å². The standard InChI is InChI=1S/C19H31N3O3/c1-6-20-19(22-11-13(2)7-14(3)12-22)21-10-15-8-16(24-4)18(23)17(9-15)25-5/h8-9,13-14,23H,6-7,10-12H2,1-5H3,(H,20,21). The van der Waals surface area contributed by atoms with Gasteiger partial charge in [0.2, 0.25) is 5.75 Å². The molecule has 6 heteroatoms. The van der Waals surface area contributed by atoms with Crippen LogP contribution in [0.4, 0.5) is 0 Å². The molecule has 0 aliphatic carbocycles. The molecule has 1 aliphatic heterocycles. The first-order valence-electron chi connectivity index (χ1n) is 8.95. The van der Waals surface area contributed by atoms with Gasteiger partial charge in [0.15, 0.2) is 17.5 Å². The summed E-state index contributed by atoms with van der Waals surface area (Å²) in [6, 6.07) is 3.60. The Bertz CT molecular complexity index is 569. The fraction of sp³-hybridized carbons (Fsp3) is 0.632. The Morgan fingerprint density at radius 1 is 1.20 bits per heavy atom. The topological polar surface area (TPSA) is 66.3 Å². The van der Waals surface area contributed by atoms with E-state index in [4.69, 9.17) is 14.5 Å². The van der Waals surface area contributed by atoms with Crippen molar-refractivity contribution in [1.29, 1.82) is 0 Å². The van der Waals surface area contributed by atoms with Crippen molar-refractivity contribution in [3.8, 4) is 17.2 Å². The molecule has 25 heavy (non-hydrogen) atoms. The number of nitrogens with one attached hydrogen (secondary N) is 1. The van der Waals surface area contributed by atoms with Crippen molar-refractivity contribution in [2.75, 3.05) is 33.9 Å². The van der Waals surface area contributed by atoms with E-state index in [1.807, 2.05) is 0 Å². The van der Waals surface area contributed by atoms with Crippen LogP contribution in [-0.2, 0) is 6.54 Å². The summed E-state index contributed by atoms with van der Waals surface area (Å²) in [5.41, 5.74) is 0.931. The molecule has 0 saturated carbocycles. The first-order chi connectivity index (χ1) is 12.0. The molecular formula is C19H31N3O3. The number of methoxy groups -OCH3 is 2. The van der Waals surface area contributed by atoms with E-state index < -0.39 is 0 Å². The van der Waals surface area contributed by atoms with Crippen LogP contribution in [0.1, 0.15) is 32.8 Å². The van der Waals surface area contributed by atoms with Gasteiger partial charge < -0.3 is 24.8 Å². The predicted octanol–water partition coefficient (Wildman–Crippen LogP) is 2.85. The number of guanidine groups is 1. The number of hydrogen-bond donors (Lipinski definition) is 2. The van der Waals surface area contributed by atoms with Gasteiger partial charge in [-0.2, -0.15) is 0 Å². The van der Waals surface area contributed by atoms with Gasteiger partial charge in [-0.15, -0.1) is 0 Å². The first kappa shape index (κ1) is 19.2. The highest BCUT2D eigenvalue weighted by Crippen LogP contribution is 2.37. The number of rotatable bonds is 5. The molecule has 2 unspecified atom stereocenters. The molecule has 0 amide bonds. The predicted molar refractivity (Wildman–Crippen MR) is 101 cm³/mol. The van der Waals surface area contributed by atoms with E-state index in [2.05, 4.69) is 31.0 Å². The lowest BCUT2D eigenvalue weighted by atomic mass is 9.92. The Kier molecular flexibility index (Phi) is 6.79. The average molecular weight is 349 g/mol. The van der Waals surface area contributed by atoms with Gasteiger partial charge in [0.25, 0.3) is 0 Å². The van der Waals surface area contributed by atoms with Crippen LogP contribution in [-0.4, -0.2) is 49.8 Å². The van der Waals surface area contributed by atoms with Gasteiger partial charge in [0.1, 0.15) is 0 Å². The van der Waals surface area contributed by atoms with E-state index >= 15 is 0 Å². The highest BCUT2D eigenvalue weighted by molar-refractivity contribution is 5.80. The van der Waals surface area contributed by atoms with Crippen molar-refractivity contribution in [3.63, 3.8) is 0 Å². The Balaban J connectivity index is 2.21. The summed E-state index contributed by atoms with van der Waals surface area (Å²) >= 11 is 0. The lowest BCUT2D eigenvalue weighted by Gasteiger charge is -2.37. The van der Waals surface area contributed by atoms with Crippen LogP contribution in [0.5, 0.6) is 17.2 Å². The average Bonchev–Trinajstić information content (AvgIpc) is 2.58. The number of aromatic hydroxyl groups is 1. The Morgan fingerprint density at radius 2 is 1.76 bits per heavy atom. The van der Waals surface area contributed by atoms with Gasteiger partial charge in [-0.1, -0.05) is 13.8 Å². The van der Waals surface area contributed by atoms with E-state index in [0.29, 0.717) is 29.9 Å². The van der Waals surface area contributed by atoms with Gasteiger partial charge in [-0.25, -0.2) is 4.99 Å². The molecule has 2 atom stereocenters. The molecule has 1 aromatic carbocycles. The Morgan fingerprint density at radius 3 is 2.24 bits per heavy atom. The molecular weight excluding hydrogens is 318 g/mol. The minimum absolute atomic E-state index is 0.0170. The highest BCUT2D eigenvalue weighted by Gasteiger charge is 2.24. The number of nitrogens with zero attached hydrogens (tertiary/aromatic N) is 2. The number of ether oxygens (including phenoxy) is 2. The monoisotopic (exact) mass is 349 g/mol. The van der Waals surface area contributed by atoms with E-state index in [1.165, 1.54) is 20.6 Å². The smallest absolute Gasteiger partial charge is 0.200 e. The fourth-order valence-corrected chi connectivity index (χ4v) is 3.47.